The second kappa shape index (κ2) is 9.46. The highest BCUT2D eigenvalue weighted by molar-refractivity contribution is 5.46. The molecule has 1 saturated heterocycles. The Morgan fingerprint density at radius 1 is 0.788 bits per heavy atom. The number of aromatic nitrogens is 4. The van der Waals surface area contributed by atoms with Crippen molar-refractivity contribution in [2.45, 2.75) is 12.6 Å². The summed E-state index contributed by atoms with van der Waals surface area (Å²) < 4.78 is 30.0. The third-order valence-corrected chi connectivity index (χ3v) is 6.05. The summed E-state index contributed by atoms with van der Waals surface area (Å²) in [4.78, 5) is 4.56. The number of hydrogen-bond acceptors (Lipinski definition) is 5. The number of piperazine rings is 1. The lowest BCUT2D eigenvalue weighted by Gasteiger charge is -2.40. The summed E-state index contributed by atoms with van der Waals surface area (Å²) in [6.07, 6.45) is 0. The van der Waals surface area contributed by atoms with Crippen LogP contribution in [-0.2, 0) is 6.54 Å². The van der Waals surface area contributed by atoms with E-state index in [0.29, 0.717) is 17.9 Å². The van der Waals surface area contributed by atoms with Gasteiger partial charge in [0.1, 0.15) is 17.7 Å². The lowest BCUT2D eigenvalue weighted by Crippen LogP contribution is -2.48. The van der Waals surface area contributed by atoms with Crippen molar-refractivity contribution in [3.63, 3.8) is 0 Å². The van der Waals surface area contributed by atoms with Crippen LogP contribution in [0.4, 0.5) is 14.5 Å². The van der Waals surface area contributed by atoms with Crippen LogP contribution in [0.15, 0.2) is 78.9 Å². The first-order valence-electron chi connectivity index (χ1n) is 11.0. The van der Waals surface area contributed by atoms with Crippen LogP contribution in [0.1, 0.15) is 23.0 Å². The van der Waals surface area contributed by atoms with Gasteiger partial charge >= 0.3 is 0 Å². The van der Waals surface area contributed by atoms with E-state index < -0.39 is 6.04 Å². The first-order valence-corrected chi connectivity index (χ1v) is 11.0. The highest BCUT2D eigenvalue weighted by atomic mass is 19.1. The zero-order chi connectivity index (χ0) is 22.6. The van der Waals surface area contributed by atoms with Gasteiger partial charge in [-0.3, -0.25) is 4.90 Å². The fraction of sp³-hybridized carbons (Fsp3) is 0.240. The van der Waals surface area contributed by atoms with Gasteiger partial charge in [0, 0.05) is 37.4 Å². The van der Waals surface area contributed by atoms with Crippen LogP contribution < -0.4 is 4.90 Å². The number of rotatable bonds is 6. The molecule has 1 aromatic heterocycles. The monoisotopic (exact) mass is 446 g/mol. The predicted octanol–water partition coefficient (Wildman–Crippen LogP) is 3.91. The van der Waals surface area contributed by atoms with Crippen molar-refractivity contribution in [3.8, 4) is 0 Å². The Hall–Kier alpha value is -3.65. The zero-order valence-corrected chi connectivity index (χ0v) is 18.1. The fourth-order valence-corrected chi connectivity index (χ4v) is 4.36. The lowest BCUT2D eigenvalue weighted by molar-refractivity contribution is 0.198. The highest BCUT2D eigenvalue weighted by Crippen LogP contribution is 2.31. The first kappa shape index (κ1) is 21.2. The molecule has 0 saturated carbocycles. The average Bonchev–Trinajstić information content (AvgIpc) is 3.30. The summed E-state index contributed by atoms with van der Waals surface area (Å²) in [5, 5.41) is 12.4. The Labute approximate surface area is 191 Å². The van der Waals surface area contributed by atoms with Crippen molar-refractivity contribution in [1.29, 1.82) is 0 Å². The third kappa shape index (κ3) is 4.61. The minimum Gasteiger partial charge on any atom is -0.369 e. The quantitative estimate of drug-likeness (QED) is 0.450. The summed E-state index contributed by atoms with van der Waals surface area (Å²) in [7, 11) is 0. The van der Waals surface area contributed by atoms with E-state index in [-0.39, 0.29) is 11.6 Å². The first-order chi connectivity index (χ1) is 16.2. The Morgan fingerprint density at radius 3 is 2.21 bits per heavy atom. The Morgan fingerprint density at radius 2 is 1.48 bits per heavy atom. The molecule has 8 heteroatoms. The molecular formula is C25H24F2N6. The second-order valence-corrected chi connectivity index (χ2v) is 8.10. The summed E-state index contributed by atoms with van der Waals surface area (Å²) in [5.41, 5.74) is 2.59. The van der Waals surface area contributed by atoms with Crippen molar-refractivity contribution < 1.29 is 8.78 Å². The molecule has 0 amide bonds. The topological polar surface area (TPSA) is 50.1 Å². The molecule has 0 radical (unpaired) electrons. The number of halogens is 2. The van der Waals surface area contributed by atoms with Gasteiger partial charge in [-0.25, -0.2) is 13.5 Å². The van der Waals surface area contributed by atoms with Crippen LogP contribution in [0, 0.1) is 11.6 Å². The minimum atomic E-state index is -0.431. The molecule has 1 aliphatic rings. The van der Waals surface area contributed by atoms with Crippen molar-refractivity contribution in [2.75, 3.05) is 31.1 Å². The van der Waals surface area contributed by atoms with Crippen molar-refractivity contribution in [3.05, 3.63) is 107 Å². The summed E-state index contributed by atoms with van der Waals surface area (Å²) in [5.74, 6) is -0.0156. The third-order valence-electron chi connectivity index (χ3n) is 6.05. The van der Waals surface area contributed by atoms with E-state index in [4.69, 9.17) is 0 Å². The predicted molar refractivity (Wildman–Crippen MR) is 122 cm³/mol. The molecule has 1 aliphatic heterocycles. The van der Waals surface area contributed by atoms with Crippen molar-refractivity contribution >= 4 is 5.69 Å². The van der Waals surface area contributed by atoms with E-state index in [1.807, 2.05) is 24.3 Å². The lowest BCUT2D eigenvalue weighted by atomic mass is 10.0. The number of anilines is 1. The van der Waals surface area contributed by atoms with Gasteiger partial charge in [-0.1, -0.05) is 48.5 Å². The molecule has 2 heterocycles. The van der Waals surface area contributed by atoms with Crippen LogP contribution in [-0.4, -0.2) is 51.3 Å². The van der Waals surface area contributed by atoms with Crippen molar-refractivity contribution in [1.82, 2.24) is 25.1 Å². The number of benzene rings is 3. The molecule has 1 unspecified atom stereocenters. The van der Waals surface area contributed by atoms with Crippen LogP contribution >= 0.6 is 0 Å². The second-order valence-electron chi connectivity index (χ2n) is 8.10. The smallest absolute Gasteiger partial charge is 0.173 e. The molecule has 0 N–H and O–H groups in total. The summed E-state index contributed by atoms with van der Waals surface area (Å²) in [6.45, 7) is 3.47. The van der Waals surface area contributed by atoms with Gasteiger partial charge in [-0.05, 0) is 46.3 Å². The van der Waals surface area contributed by atoms with Crippen LogP contribution in [0.25, 0.3) is 0 Å². The molecule has 0 spiro atoms. The number of para-hydroxylation sites is 1. The maximum atomic E-state index is 15.0. The van der Waals surface area contributed by atoms with E-state index in [1.165, 1.54) is 23.9 Å². The summed E-state index contributed by atoms with van der Waals surface area (Å²) in [6, 6.07) is 22.9. The van der Waals surface area contributed by atoms with E-state index in [9.17, 15) is 8.78 Å². The number of tetrazole rings is 1. The Bertz CT molecular complexity index is 1190. The van der Waals surface area contributed by atoms with Gasteiger partial charge < -0.3 is 4.90 Å². The van der Waals surface area contributed by atoms with Gasteiger partial charge in [0.05, 0.1) is 6.54 Å². The number of hydrogen-bond donors (Lipinski definition) is 0. The van der Waals surface area contributed by atoms with Crippen molar-refractivity contribution in [2.24, 2.45) is 0 Å². The highest BCUT2D eigenvalue weighted by Gasteiger charge is 2.32. The number of nitrogens with zero attached hydrogens (tertiary/aromatic N) is 6. The van der Waals surface area contributed by atoms with Gasteiger partial charge in [0.25, 0.3) is 0 Å². The van der Waals surface area contributed by atoms with E-state index in [1.54, 1.807) is 28.9 Å². The summed E-state index contributed by atoms with van der Waals surface area (Å²) >= 11 is 0. The SMILES string of the molecule is Fc1ccc(Cn2nnnc2C(c2ccccc2F)N2CCN(c3ccccc3)CC2)cc1. The maximum absolute atomic E-state index is 15.0. The Balaban J connectivity index is 1.44. The molecule has 0 aliphatic carbocycles. The standard InChI is InChI=1S/C25H24F2N6/c26-20-12-10-19(11-13-20)18-33-25(28-29-30-33)24(22-8-4-5-9-23(22)27)32-16-14-31(15-17-32)21-6-2-1-3-7-21/h1-13,24H,14-18H2. The van der Waals surface area contributed by atoms with Gasteiger partial charge in [-0.2, -0.15) is 0 Å². The minimum absolute atomic E-state index is 0.288. The largest absolute Gasteiger partial charge is 0.369 e. The molecule has 3 aromatic carbocycles. The van der Waals surface area contributed by atoms with E-state index in [0.717, 1.165) is 31.7 Å². The van der Waals surface area contributed by atoms with Gasteiger partial charge in [0.2, 0.25) is 0 Å². The zero-order valence-electron chi connectivity index (χ0n) is 18.1. The van der Waals surface area contributed by atoms with E-state index >= 15 is 0 Å². The van der Waals surface area contributed by atoms with Crippen LogP contribution in [0.3, 0.4) is 0 Å². The van der Waals surface area contributed by atoms with Gasteiger partial charge in [0.15, 0.2) is 5.82 Å². The maximum Gasteiger partial charge on any atom is 0.173 e. The molecule has 4 aromatic rings. The molecule has 6 nitrogen and oxygen atoms in total. The average molecular weight is 447 g/mol. The molecule has 0 bridgehead atoms. The molecule has 5 rings (SSSR count). The molecule has 33 heavy (non-hydrogen) atoms. The van der Waals surface area contributed by atoms with E-state index in [2.05, 4.69) is 37.5 Å². The Kier molecular flexibility index (Phi) is 6.08. The van der Waals surface area contributed by atoms with Crippen LogP contribution in [0.2, 0.25) is 0 Å². The normalized spacial score (nSPS) is 15.5. The van der Waals surface area contributed by atoms with Gasteiger partial charge in [-0.15, -0.1) is 5.10 Å². The fourth-order valence-electron chi connectivity index (χ4n) is 4.36. The molecule has 1 atom stereocenters. The van der Waals surface area contributed by atoms with Crippen LogP contribution in [0.5, 0.6) is 0 Å². The molecular weight excluding hydrogens is 422 g/mol. The molecule has 1 fully saturated rings. The molecule has 168 valence electrons.